The average molecular weight is 327 g/mol. The van der Waals surface area contributed by atoms with Gasteiger partial charge in [0.2, 0.25) is 0 Å². The van der Waals surface area contributed by atoms with Crippen molar-refractivity contribution >= 4 is 17.5 Å². The van der Waals surface area contributed by atoms with Gasteiger partial charge in [-0.3, -0.25) is 9.78 Å². The molecule has 0 aromatic carbocycles. The molecule has 3 aromatic heterocycles. The van der Waals surface area contributed by atoms with Gasteiger partial charge in [0.25, 0.3) is 0 Å². The molecule has 0 aliphatic carbocycles. The van der Waals surface area contributed by atoms with Crippen LogP contribution in [0.1, 0.15) is 17.4 Å². The summed E-state index contributed by atoms with van der Waals surface area (Å²) in [6.45, 7) is 2.78. The predicted octanol–water partition coefficient (Wildman–Crippen LogP) is 2.67. The Morgan fingerprint density at radius 3 is 2.65 bits per heavy atom. The van der Waals surface area contributed by atoms with Crippen molar-refractivity contribution in [2.24, 2.45) is 7.05 Å². The second-order valence-corrected chi connectivity index (χ2v) is 5.95. The normalized spacial score (nSPS) is 10.9. The van der Waals surface area contributed by atoms with Gasteiger partial charge >= 0.3 is 0 Å². The molecule has 0 aliphatic rings. The van der Waals surface area contributed by atoms with Crippen LogP contribution in [-0.2, 0) is 13.6 Å². The van der Waals surface area contributed by atoms with Crippen molar-refractivity contribution in [2.75, 3.05) is 5.75 Å². The van der Waals surface area contributed by atoms with E-state index in [0.29, 0.717) is 11.4 Å². The number of nitrogens with zero attached hydrogens (tertiary/aromatic N) is 5. The summed E-state index contributed by atoms with van der Waals surface area (Å²) >= 11 is 1.41. The van der Waals surface area contributed by atoms with E-state index in [-0.39, 0.29) is 5.78 Å². The minimum Gasteiger partial charge on any atom is -0.348 e. The maximum Gasteiger partial charge on any atom is 0.191 e. The highest BCUT2D eigenvalue weighted by molar-refractivity contribution is 7.99. The van der Waals surface area contributed by atoms with Crippen LogP contribution in [0.3, 0.4) is 0 Å². The maximum absolute atomic E-state index is 12.3. The quantitative estimate of drug-likeness (QED) is 0.514. The summed E-state index contributed by atoms with van der Waals surface area (Å²) in [6, 6.07) is 7.50. The van der Waals surface area contributed by atoms with Crippen LogP contribution < -0.4 is 0 Å². The highest BCUT2D eigenvalue weighted by Gasteiger charge is 2.16. The average Bonchev–Trinajstić information content (AvgIpc) is 3.19. The van der Waals surface area contributed by atoms with Gasteiger partial charge in [-0.25, -0.2) is 0 Å². The predicted molar refractivity (Wildman–Crippen MR) is 89.4 cm³/mol. The Morgan fingerprint density at radius 1 is 1.22 bits per heavy atom. The number of ketones is 1. The summed E-state index contributed by atoms with van der Waals surface area (Å²) in [5, 5.41) is 9.25. The van der Waals surface area contributed by atoms with Crippen molar-refractivity contribution in [3.63, 3.8) is 0 Å². The molecule has 3 heterocycles. The minimum absolute atomic E-state index is 0.0821. The summed E-state index contributed by atoms with van der Waals surface area (Å²) in [7, 11) is 1.87. The lowest BCUT2D eigenvalue weighted by atomic mass is 10.2. The Labute approximate surface area is 138 Å². The lowest BCUT2D eigenvalue weighted by Crippen LogP contribution is -2.09. The van der Waals surface area contributed by atoms with Crippen molar-refractivity contribution in [3.05, 3.63) is 48.5 Å². The maximum atomic E-state index is 12.3. The van der Waals surface area contributed by atoms with Crippen molar-refractivity contribution < 1.29 is 4.79 Å². The first-order chi connectivity index (χ1) is 11.2. The second kappa shape index (κ2) is 6.78. The molecule has 0 bridgehead atoms. The van der Waals surface area contributed by atoms with Crippen molar-refractivity contribution in [1.29, 1.82) is 0 Å². The van der Waals surface area contributed by atoms with E-state index in [9.17, 15) is 4.79 Å². The molecule has 0 saturated heterocycles. The third kappa shape index (κ3) is 3.19. The van der Waals surface area contributed by atoms with Crippen LogP contribution in [-0.4, -0.2) is 35.9 Å². The van der Waals surface area contributed by atoms with E-state index in [1.807, 2.05) is 53.6 Å². The number of carbonyl (C=O) groups is 1. The fourth-order valence-electron chi connectivity index (χ4n) is 2.35. The fourth-order valence-corrected chi connectivity index (χ4v) is 3.23. The largest absolute Gasteiger partial charge is 0.348 e. The number of aromatic nitrogens is 5. The zero-order valence-electron chi connectivity index (χ0n) is 13.0. The highest BCUT2D eigenvalue weighted by Crippen LogP contribution is 2.24. The van der Waals surface area contributed by atoms with Crippen LogP contribution in [0.2, 0.25) is 0 Å². The molecule has 0 atom stereocenters. The van der Waals surface area contributed by atoms with E-state index < -0.39 is 0 Å². The Morgan fingerprint density at radius 2 is 2.00 bits per heavy atom. The summed E-state index contributed by atoms with van der Waals surface area (Å²) < 4.78 is 3.84. The smallest absolute Gasteiger partial charge is 0.191 e. The highest BCUT2D eigenvalue weighted by atomic mass is 32.2. The number of carbonyl (C=O) groups excluding carboxylic acids is 1. The Bertz CT molecular complexity index is 809. The molecule has 0 unspecified atom stereocenters. The monoisotopic (exact) mass is 327 g/mol. The van der Waals surface area contributed by atoms with Crippen LogP contribution in [0.4, 0.5) is 0 Å². The first-order valence-corrected chi connectivity index (χ1v) is 8.30. The number of hydrogen-bond acceptors (Lipinski definition) is 5. The number of hydrogen-bond donors (Lipinski definition) is 0. The summed E-state index contributed by atoms with van der Waals surface area (Å²) in [4.78, 5) is 16.3. The lowest BCUT2D eigenvalue weighted by Gasteiger charge is -2.07. The van der Waals surface area contributed by atoms with Crippen molar-refractivity contribution in [2.45, 2.75) is 18.6 Å². The van der Waals surface area contributed by atoms with Crippen LogP contribution in [0.25, 0.3) is 11.4 Å². The van der Waals surface area contributed by atoms with E-state index in [0.717, 1.165) is 23.1 Å². The van der Waals surface area contributed by atoms with Gasteiger partial charge in [-0.15, -0.1) is 10.2 Å². The number of Topliss-reactive ketones (excluding diaryl/α,β-unsaturated/α-hetero) is 1. The summed E-state index contributed by atoms with van der Waals surface area (Å²) in [5.41, 5.74) is 1.67. The third-order valence-electron chi connectivity index (χ3n) is 3.53. The molecule has 23 heavy (non-hydrogen) atoms. The molecule has 0 aliphatic heterocycles. The number of thioether (sulfide) groups is 1. The zero-order chi connectivity index (χ0) is 16.2. The molecule has 3 rings (SSSR count). The van der Waals surface area contributed by atoms with Crippen molar-refractivity contribution in [1.82, 2.24) is 24.3 Å². The number of aryl methyl sites for hydroxylation is 1. The molecule has 6 nitrogen and oxygen atoms in total. The SMILES string of the molecule is CCn1c(SCC(=O)c2cccn2C)nnc1-c1ccncc1. The van der Waals surface area contributed by atoms with E-state index in [2.05, 4.69) is 15.2 Å². The molecule has 118 valence electrons. The number of pyridine rings is 1. The van der Waals surface area contributed by atoms with Gasteiger partial charge in [-0.2, -0.15) is 0 Å². The summed E-state index contributed by atoms with van der Waals surface area (Å²) in [6.07, 6.45) is 5.33. The third-order valence-corrected chi connectivity index (χ3v) is 4.50. The molecule has 0 amide bonds. The molecular weight excluding hydrogens is 310 g/mol. The molecule has 0 spiro atoms. The van der Waals surface area contributed by atoms with Crippen LogP contribution in [0, 0.1) is 0 Å². The summed E-state index contributed by atoms with van der Waals surface area (Å²) in [5.74, 6) is 1.22. The zero-order valence-corrected chi connectivity index (χ0v) is 13.8. The molecule has 0 N–H and O–H groups in total. The van der Waals surface area contributed by atoms with Crippen LogP contribution in [0.15, 0.2) is 48.0 Å². The lowest BCUT2D eigenvalue weighted by molar-refractivity contribution is 0.101. The van der Waals surface area contributed by atoms with E-state index in [1.54, 1.807) is 12.4 Å². The Hall–Kier alpha value is -2.41. The van der Waals surface area contributed by atoms with Gasteiger partial charge in [0.15, 0.2) is 16.8 Å². The fraction of sp³-hybridized carbons (Fsp3) is 0.250. The van der Waals surface area contributed by atoms with Crippen molar-refractivity contribution in [3.8, 4) is 11.4 Å². The first kappa shape index (κ1) is 15.5. The topological polar surface area (TPSA) is 65.6 Å². The minimum atomic E-state index is 0.0821. The van der Waals surface area contributed by atoms with E-state index >= 15 is 0 Å². The molecule has 0 saturated carbocycles. The van der Waals surface area contributed by atoms with Gasteiger partial charge in [0, 0.05) is 37.7 Å². The molecular formula is C16H17N5OS. The molecule has 0 radical (unpaired) electrons. The first-order valence-electron chi connectivity index (χ1n) is 7.31. The van der Waals surface area contributed by atoms with Gasteiger partial charge in [0.05, 0.1) is 11.4 Å². The van der Waals surface area contributed by atoms with Gasteiger partial charge in [-0.1, -0.05) is 11.8 Å². The standard InChI is InChI=1S/C16H17N5OS/c1-3-21-15(12-6-8-17-9-7-12)18-19-16(21)23-11-14(22)13-5-4-10-20(13)2/h4-10H,3,11H2,1-2H3. The van der Waals surface area contributed by atoms with Gasteiger partial charge in [-0.05, 0) is 31.2 Å². The molecule has 3 aromatic rings. The second-order valence-electron chi connectivity index (χ2n) is 5.00. The van der Waals surface area contributed by atoms with E-state index in [1.165, 1.54) is 11.8 Å². The Balaban J connectivity index is 1.78. The van der Waals surface area contributed by atoms with E-state index in [4.69, 9.17) is 0 Å². The molecule has 7 heteroatoms. The van der Waals surface area contributed by atoms with Gasteiger partial charge < -0.3 is 9.13 Å². The Kier molecular flexibility index (Phi) is 4.57. The van der Waals surface area contributed by atoms with Crippen LogP contribution >= 0.6 is 11.8 Å². The number of rotatable bonds is 6. The van der Waals surface area contributed by atoms with Gasteiger partial charge in [0.1, 0.15) is 0 Å². The van der Waals surface area contributed by atoms with Crippen LogP contribution in [0.5, 0.6) is 0 Å². The molecule has 0 fully saturated rings.